The van der Waals surface area contributed by atoms with E-state index in [-0.39, 0.29) is 17.6 Å². The number of thiocarbonyl (C=S) groups is 1. The van der Waals surface area contributed by atoms with Gasteiger partial charge in [0.05, 0.1) is 15.2 Å². The molecule has 1 amide bonds. The Hall–Kier alpha value is -2.52. The average Bonchev–Trinajstić information content (AvgIpc) is 3.16. The number of fused-ring (bicyclic) bond motifs is 1. The van der Waals surface area contributed by atoms with Gasteiger partial charge in [-0.15, -0.1) is 11.3 Å². The van der Waals surface area contributed by atoms with Crippen LogP contribution < -0.4 is 15.4 Å². The van der Waals surface area contributed by atoms with Gasteiger partial charge in [-0.05, 0) is 79.3 Å². The molecule has 32 heavy (non-hydrogen) atoms. The maximum atomic E-state index is 12.1. The normalized spacial score (nSPS) is 10.7. The van der Waals surface area contributed by atoms with Crippen LogP contribution in [0.15, 0.2) is 65.1 Å². The molecule has 0 aliphatic rings. The molecule has 0 saturated heterocycles. The lowest BCUT2D eigenvalue weighted by Gasteiger charge is -2.11. The molecule has 0 radical (unpaired) electrons. The Morgan fingerprint density at radius 2 is 1.94 bits per heavy atom. The number of benzene rings is 3. The molecule has 0 atom stereocenters. The Bertz CT molecular complexity index is 1310. The van der Waals surface area contributed by atoms with E-state index in [0.29, 0.717) is 10.8 Å². The molecule has 162 valence electrons. The van der Waals surface area contributed by atoms with Crippen molar-refractivity contribution in [3.8, 4) is 16.3 Å². The molecule has 0 aliphatic heterocycles. The first-order valence-corrected chi connectivity index (χ1v) is 11.9. The van der Waals surface area contributed by atoms with Crippen molar-refractivity contribution in [1.29, 1.82) is 0 Å². The van der Waals surface area contributed by atoms with Crippen molar-refractivity contribution < 1.29 is 9.53 Å². The highest BCUT2D eigenvalue weighted by Crippen LogP contribution is 2.31. The molecule has 0 bridgehead atoms. The maximum absolute atomic E-state index is 12.1. The first-order chi connectivity index (χ1) is 15.4. The zero-order valence-electron chi connectivity index (χ0n) is 16.8. The molecule has 0 fully saturated rings. The molecular weight excluding hydrogens is 530 g/mol. The minimum Gasteiger partial charge on any atom is -0.482 e. The van der Waals surface area contributed by atoms with Crippen molar-refractivity contribution in [1.82, 2.24) is 10.3 Å². The number of carbonyl (C=O) groups is 1. The van der Waals surface area contributed by atoms with Gasteiger partial charge in [0.2, 0.25) is 0 Å². The molecule has 0 saturated carbocycles. The lowest BCUT2D eigenvalue weighted by molar-refractivity contribution is -0.121. The lowest BCUT2D eigenvalue weighted by atomic mass is 10.2. The Kier molecular flexibility index (Phi) is 7.05. The fourth-order valence-corrected chi connectivity index (χ4v) is 4.94. The van der Waals surface area contributed by atoms with Crippen LogP contribution >= 0.6 is 51.1 Å². The highest BCUT2D eigenvalue weighted by molar-refractivity contribution is 9.10. The van der Waals surface area contributed by atoms with Crippen LogP contribution in [0.2, 0.25) is 5.02 Å². The van der Waals surface area contributed by atoms with Crippen molar-refractivity contribution in [3.63, 3.8) is 0 Å². The van der Waals surface area contributed by atoms with Gasteiger partial charge in [0, 0.05) is 15.7 Å². The maximum Gasteiger partial charge on any atom is 0.264 e. The van der Waals surface area contributed by atoms with Crippen molar-refractivity contribution >= 4 is 78.0 Å². The second kappa shape index (κ2) is 9.95. The van der Waals surface area contributed by atoms with E-state index in [4.69, 9.17) is 33.5 Å². The SMILES string of the molecule is Cc1ccc2nc(-c3ccc(NC(=S)NC(=O)COc4ccc(Br)cc4Cl)cc3)sc2c1. The number of ether oxygens (including phenoxy) is 1. The number of hydrogen-bond donors (Lipinski definition) is 2. The number of rotatable bonds is 5. The van der Waals surface area contributed by atoms with Crippen LogP contribution in [0.3, 0.4) is 0 Å². The van der Waals surface area contributed by atoms with Gasteiger partial charge in [-0.2, -0.15) is 0 Å². The number of aromatic nitrogens is 1. The van der Waals surface area contributed by atoms with Gasteiger partial charge in [0.25, 0.3) is 5.91 Å². The lowest BCUT2D eigenvalue weighted by Crippen LogP contribution is -2.37. The number of halogens is 2. The number of nitrogens with zero attached hydrogens (tertiary/aromatic N) is 1. The highest BCUT2D eigenvalue weighted by Gasteiger charge is 2.10. The zero-order chi connectivity index (χ0) is 22.7. The topological polar surface area (TPSA) is 63.2 Å². The molecule has 4 aromatic rings. The van der Waals surface area contributed by atoms with Gasteiger partial charge in [-0.25, -0.2) is 4.98 Å². The van der Waals surface area contributed by atoms with E-state index >= 15 is 0 Å². The van der Waals surface area contributed by atoms with E-state index in [1.165, 1.54) is 5.56 Å². The Morgan fingerprint density at radius 1 is 1.16 bits per heavy atom. The number of carbonyl (C=O) groups excluding carboxylic acids is 1. The summed E-state index contributed by atoms with van der Waals surface area (Å²) >= 11 is 16.3. The summed E-state index contributed by atoms with van der Waals surface area (Å²) < 4.78 is 7.44. The molecular formula is C23H17BrClN3O2S2. The number of aryl methyl sites for hydroxylation is 1. The van der Waals surface area contributed by atoms with Gasteiger partial charge in [-0.1, -0.05) is 33.6 Å². The van der Waals surface area contributed by atoms with Crippen LogP contribution in [0, 0.1) is 6.92 Å². The van der Waals surface area contributed by atoms with E-state index in [1.54, 1.807) is 29.5 Å². The van der Waals surface area contributed by atoms with Crippen LogP contribution in [0.1, 0.15) is 5.56 Å². The fourth-order valence-electron chi connectivity index (χ4n) is 2.91. The largest absolute Gasteiger partial charge is 0.482 e. The molecule has 4 rings (SSSR count). The first-order valence-electron chi connectivity index (χ1n) is 9.54. The second-order valence-electron chi connectivity index (χ2n) is 6.93. The first kappa shape index (κ1) is 22.7. The standard InChI is InChI=1S/C23H17BrClN3O2S2/c1-13-2-8-18-20(10-13)32-22(27-18)14-3-6-16(7-4-14)26-23(31)28-21(29)12-30-19-9-5-15(24)11-17(19)25/h2-11H,12H2,1H3,(H2,26,28,29,31). The smallest absolute Gasteiger partial charge is 0.264 e. The van der Waals surface area contributed by atoms with E-state index < -0.39 is 0 Å². The number of nitrogens with one attached hydrogen (secondary N) is 2. The third-order valence-corrected chi connectivity index (χ3v) is 6.50. The predicted molar refractivity (Wildman–Crippen MR) is 139 cm³/mol. The summed E-state index contributed by atoms with van der Waals surface area (Å²) in [6.45, 7) is 1.86. The number of anilines is 1. The van der Waals surface area contributed by atoms with Gasteiger partial charge in [0.15, 0.2) is 11.7 Å². The Morgan fingerprint density at radius 3 is 2.69 bits per heavy atom. The van der Waals surface area contributed by atoms with Crippen LogP contribution in [-0.2, 0) is 4.79 Å². The minimum atomic E-state index is -0.386. The summed E-state index contributed by atoms with van der Waals surface area (Å²) in [7, 11) is 0. The van der Waals surface area contributed by atoms with Crippen LogP contribution in [0.25, 0.3) is 20.8 Å². The van der Waals surface area contributed by atoms with E-state index in [9.17, 15) is 4.79 Å². The third kappa shape index (κ3) is 5.63. The molecule has 9 heteroatoms. The number of hydrogen-bond acceptors (Lipinski definition) is 5. The zero-order valence-corrected chi connectivity index (χ0v) is 20.8. The average molecular weight is 547 g/mol. The second-order valence-corrected chi connectivity index (χ2v) is 9.70. The molecule has 1 heterocycles. The Labute approximate surface area is 207 Å². The third-order valence-electron chi connectivity index (χ3n) is 4.44. The van der Waals surface area contributed by atoms with E-state index in [0.717, 1.165) is 30.9 Å². The molecule has 0 aliphatic carbocycles. The predicted octanol–water partition coefficient (Wildman–Crippen LogP) is 6.58. The van der Waals surface area contributed by atoms with Crippen molar-refractivity contribution in [2.45, 2.75) is 6.92 Å². The molecule has 0 unspecified atom stereocenters. The van der Waals surface area contributed by atoms with Crippen LogP contribution in [0.4, 0.5) is 5.69 Å². The molecule has 0 spiro atoms. The minimum absolute atomic E-state index is 0.184. The summed E-state index contributed by atoms with van der Waals surface area (Å²) in [6, 6.07) is 19.1. The molecule has 3 aromatic carbocycles. The van der Waals surface area contributed by atoms with Crippen molar-refractivity contribution in [3.05, 3.63) is 75.7 Å². The molecule has 1 aromatic heterocycles. The quantitative estimate of drug-likeness (QED) is 0.277. The monoisotopic (exact) mass is 545 g/mol. The molecule has 5 nitrogen and oxygen atoms in total. The molecule has 2 N–H and O–H groups in total. The summed E-state index contributed by atoms with van der Waals surface area (Å²) in [5.41, 5.74) is 3.98. The van der Waals surface area contributed by atoms with Crippen LogP contribution in [-0.4, -0.2) is 22.6 Å². The fraction of sp³-hybridized carbons (Fsp3) is 0.0870. The van der Waals surface area contributed by atoms with E-state index in [2.05, 4.69) is 45.6 Å². The summed E-state index contributed by atoms with van der Waals surface area (Å²) in [6.07, 6.45) is 0. The van der Waals surface area contributed by atoms with Gasteiger partial charge in [0.1, 0.15) is 10.8 Å². The number of thiazole rings is 1. The summed E-state index contributed by atoms with van der Waals surface area (Å²) in [4.78, 5) is 16.8. The number of amides is 1. The Balaban J connectivity index is 1.32. The van der Waals surface area contributed by atoms with Crippen molar-refractivity contribution in [2.75, 3.05) is 11.9 Å². The van der Waals surface area contributed by atoms with Gasteiger partial charge < -0.3 is 10.1 Å². The highest BCUT2D eigenvalue weighted by atomic mass is 79.9. The van der Waals surface area contributed by atoms with Crippen molar-refractivity contribution in [2.24, 2.45) is 0 Å². The van der Waals surface area contributed by atoms with Gasteiger partial charge >= 0.3 is 0 Å². The van der Waals surface area contributed by atoms with Crippen LogP contribution in [0.5, 0.6) is 5.75 Å². The summed E-state index contributed by atoms with van der Waals surface area (Å²) in [5.74, 6) is 0.0346. The summed E-state index contributed by atoms with van der Waals surface area (Å²) in [5, 5.41) is 7.14. The van der Waals surface area contributed by atoms with Gasteiger partial charge in [-0.3, -0.25) is 10.1 Å². The van der Waals surface area contributed by atoms with E-state index in [1.807, 2.05) is 30.3 Å².